The van der Waals surface area contributed by atoms with Gasteiger partial charge in [0, 0.05) is 5.57 Å². The average molecular weight is 206 g/mol. The summed E-state index contributed by atoms with van der Waals surface area (Å²) in [5.74, 6) is 2.78. The molecule has 0 aromatic rings. The molecule has 5 atom stereocenters. The van der Waals surface area contributed by atoms with Gasteiger partial charge in [0.25, 0.3) is 0 Å². The molecule has 0 amide bonds. The zero-order valence-corrected chi connectivity index (χ0v) is 8.98. The lowest BCUT2D eigenvalue weighted by molar-refractivity contribution is -0.133. The fourth-order valence-electron chi connectivity index (χ4n) is 4.64. The fourth-order valence-corrected chi connectivity index (χ4v) is 4.64. The lowest BCUT2D eigenvalue weighted by Crippen LogP contribution is -2.25. The molecule has 2 nitrogen and oxygen atoms in total. The van der Waals surface area contributed by atoms with Crippen LogP contribution in [0.25, 0.3) is 0 Å². The molecular formula is C13H18O2. The largest absolute Gasteiger partial charge is 0.478 e. The Bertz CT molecular complexity index is 320. The zero-order chi connectivity index (χ0) is 10.6. The number of rotatable bonds is 2. The van der Waals surface area contributed by atoms with Crippen LogP contribution in [0.2, 0.25) is 0 Å². The van der Waals surface area contributed by atoms with Crippen LogP contribution in [0.3, 0.4) is 0 Å². The lowest BCUT2D eigenvalue weighted by atomic mass is 9.76. The summed E-state index contributed by atoms with van der Waals surface area (Å²) in [5, 5.41) is 9.03. The van der Waals surface area contributed by atoms with Crippen molar-refractivity contribution in [3.63, 3.8) is 0 Å². The van der Waals surface area contributed by atoms with Gasteiger partial charge >= 0.3 is 5.97 Å². The molecule has 0 aromatic heterocycles. The first-order valence-corrected chi connectivity index (χ1v) is 6.10. The number of fused-ring (bicyclic) bond motifs is 5. The van der Waals surface area contributed by atoms with E-state index in [1.54, 1.807) is 0 Å². The van der Waals surface area contributed by atoms with E-state index in [1.165, 1.54) is 25.7 Å². The quantitative estimate of drug-likeness (QED) is 0.705. The molecule has 3 aliphatic rings. The van der Waals surface area contributed by atoms with Gasteiger partial charge in [0.05, 0.1) is 0 Å². The zero-order valence-electron chi connectivity index (χ0n) is 8.98. The molecule has 5 unspecified atom stereocenters. The van der Waals surface area contributed by atoms with E-state index in [0.29, 0.717) is 17.4 Å². The molecule has 0 spiro atoms. The maximum atomic E-state index is 11.0. The van der Waals surface area contributed by atoms with Crippen LogP contribution in [0.15, 0.2) is 12.2 Å². The second kappa shape index (κ2) is 3.10. The predicted octanol–water partition coefficient (Wildman–Crippen LogP) is 2.70. The molecule has 0 radical (unpaired) electrons. The highest BCUT2D eigenvalue weighted by Gasteiger charge is 2.54. The highest BCUT2D eigenvalue weighted by molar-refractivity contribution is 5.86. The first kappa shape index (κ1) is 9.44. The van der Waals surface area contributed by atoms with E-state index in [-0.39, 0.29) is 0 Å². The third kappa shape index (κ3) is 1.20. The van der Waals surface area contributed by atoms with Crippen LogP contribution in [0.1, 0.15) is 32.1 Å². The van der Waals surface area contributed by atoms with Crippen LogP contribution in [-0.4, -0.2) is 11.1 Å². The Hall–Kier alpha value is -0.790. The topological polar surface area (TPSA) is 37.3 Å². The molecule has 82 valence electrons. The Morgan fingerprint density at radius 3 is 2.60 bits per heavy atom. The Labute approximate surface area is 90.4 Å². The van der Waals surface area contributed by atoms with Crippen LogP contribution in [0, 0.1) is 29.6 Å². The molecule has 3 saturated carbocycles. The van der Waals surface area contributed by atoms with E-state index in [1.807, 2.05) is 0 Å². The molecule has 3 rings (SSSR count). The summed E-state index contributed by atoms with van der Waals surface area (Å²) in [5.41, 5.74) is 0.482. The molecule has 0 heterocycles. The number of hydrogen-bond donors (Lipinski definition) is 1. The Kier molecular flexibility index (Phi) is 1.95. The van der Waals surface area contributed by atoms with Crippen molar-refractivity contribution < 1.29 is 9.90 Å². The van der Waals surface area contributed by atoms with Crippen LogP contribution in [0.4, 0.5) is 0 Å². The van der Waals surface area contributed by atoms with Crippen LogP contribution in [-0.2, 0) is 4.79 Å². The third-order valence-corrected chi connectivity index (χ3v) is 5.16. The number of hydrogen-bond acceptors (Lipinski definition) is 1. The summed E-state index contributed by atoms with van der Waals surface area (Å²) in [6, 6.07) is 0. The molecule has 1 N–H and O–H groups in total. The highest BCUT2D eigenvalue weighted by atomic mass is 16.4. The van der Waals surface area contributed by atoms with Crippen molar-refractivity contribution in [1.82, 2.24) is 0 Å². The summed E-state index contributed by atoms with van der Waals surface area (Å²) < 4.78 is 0. The molecular weight excluding hydrogens is 188 g/mol. The summed E-state index contributed by atoms with van der Waals surface area (Å²) in [6.07, 6.45) is 6.45. The maximum Gasteiger partial charge on any atom is 0.331 e. The van der Waals surface area contributed by atoms with Gasteiger partial charge in [-0.1, -0.05) is 6.58 Å². The minimum Gasteiger partial charge on any atom is -0.478 e. The van der Waals surface area contributed by atoms with E-state index in [2.05, 4.69) is 6.58 Å². The number of carboxylic acids is 1. The van der Waals surface area contributed by atoms with Crippen molar-refractivity contribution >= 4 is 5.97 Å². The maximum absolute atomic E-state index is 11.0. The predicted molar refractivity (Wildman–Crippen MR) is 57.3 cm³/mol. The third-order valence-electron chi connectivity index (χ3n) is 5.16. The number of carboxylic acid groups (broad SMARTS) is 1. The van der Waals surface area contributed by atoms with Crippen LogP contribution >= 0.6 is 0 Å². The molecule has 3 aliphatic carbocycles. The van der Waals surface area contributed by atoms with Gasteiger partial charge in [-0.25, -0.2) is 4.79 Å². The van der Waals surface area contributed by atoms with Crippen LogP contribution in [0.5, 0.6) is 0 Å². The minimum atomic E-state index is -0.775. The van der Waals surface area contributed by atoms with Crippen molar-refractivity contribution in [2.45, 2.75) is 32.1 Å². The highest BCUT2D eigenvalue weighted by Crippen LogP contribution is 2.61. The van der Waals surface area contributed by atoms with Crippen molar-refractivity contribution in [1.29, 1.82) is 0 Å². The first-order valence-electron chi connectivity index (χ1n) is 6.10. The number of aliphatic carboxylic acids is 1. The van der Waals surface area contributed by atoms with Crippen molar-refractivity contribution in [3.05, 3.63) is 12.2 Å². The van der Waals surface area contributed by atoms with Gasteiger partial charge in [0.1, 0.15) is 0 Å². The molecule has 2 heteroatoms. The van der Waals surface area contributed by atoms with Gasteiger partial charge in [-0.2, -0.15) is 0 Å². The smallest absolute Gasteiger partial charge is 0.331 e. The molecule has 3 fully saturated rings. The van der Waals surface area contributed by atoms with E-state index >= 15 is 0 Å². The van der Waals surface area contributed by atoms with Crippen molar-refractivity contribution in [2.75, 3.05) is 0 Å². The summed E-state index contributed by atoms with van der Waals surface area (Å²) in [4.78, 5) is 11.0. The molecule has 0 aromatic carbocycles. The van der Waals surface area contributed by atoms with Crippen molar-refractivity contribution in [3.8, 4) is 0 Å². The van der Waals surface area contributed by atoms with Crippen LogP contribution < -0.4 is 0 Å². The van der Waals surface area contributed by atoms with E-state index in [9.17, 15) is 4.79 Å². The second-order valence-electron chi connectivity index (χ2n) is 5.59. The Balaban J connectivity index is 1.83. The van der Waals surface area contributed by atoms with E-state index < -0.39 is 5.97 Å². The van der Waals surface area contributed by atoms with Gasteiger partial charge in [-0.15, -0.1) is 0 Å². The Morgan fingerprint density at radius 2 is 1.87 bits per heavy atom. The minimum absolute atomic E-state index is 0.294. The molecule has 0 aliphatic heterocycles. The summed E-state index contributed by atoms with van der Waals surface area (Å²) in [6.45, 7) is 3.78. The van der Waals surface area contributed by atoms with E-state index in [0.717, 1.165) is 24.2 Å². The molecule has 2 bridgehead atoms. The monoisotopic (exact) mass is 206 g/mol. The SMILES string of the molecule is C=C(C(=O)O)C1CCC2C3CCC(C3)C12. The number of carbonyl (C=O) groups is 1. The normalized spacial score (nSPS) is 46.8. The van der Waals surface area contributed by atoms with Crippen molar-refractivity contribution in [2.24, 2.45) is 29.6 Å². The molecule has 0 saturated heterocycles. The Morgan fingerprint density at radius 1 is 1.13 bits per heavy atom. The summed E-state index contributed by atoms with van der Waals surface area (Å²) in [7, 11) is 0. The first-order chi connectivity index (χ1) is 7.18. The standard InChI is InChI=1S/C13H18O2/c1-7(13(14)15)10-4-5-11-8-2-3-9(6-8)12(10)11/h8-12H,1-6H2,(H,14,15). The van der Waals surface area contributed by atoms with E-state index in [4.69, 9.17) is 5.11 Å². The van der Waals surface area contributed by atoms with Gasteiger partial charge in [0.2, 0.25) is 0 Å². The fraction of sp³-hybridized carbons (Fsp3) is 0.769. The second-order valence-corrected chi connectivity index (χ2v) is 5.59. The molecule has 15 heavy (non-hydrogen) atoms. The summed E-state index contributed by atoms with van der Waals surface area (Å²) >= 11 is 0. The lowest BCUT2D eigenvalue weighted by Gasteiger charge is -2.28. The average Bonchev–Trinajstić information content (AvgIpc) is 2.88. The van der Waals surface area contributed by atoms with Gasteiger partial charge in [-0.05, 0) is 61.7 Å². The van der Waals surface area contributed by atoms with Gasteiger partial charge in [-0.3, -0.25) is 0 Å². The van der Waals surface area contributed by atoms with Gasteiger partial charge < -0.3 is 5.11 Å². The van der Waals surface area contributed by atoms with Gasteiger partial charge in [0.15, 0.2) is 0 Å².